The van der Waals surface area contributed by atoms with Crippen LogP contribution in [0.5, 0.6) is 11.5 Å². The number of ether oxygens (including phenoxy) is 2. The Hall–Kier alpha value is -3.79. The van der Waals surface area contributed by atoms with Gasteiger partial charge in [-0.05, 0) is 12.1 Å². The monoisotopic (exact) mass is 423 g/mol. The molecule has 2 aromatic carbocycles. The Labute approximate surface area is 175 Å². The first kappa shape index (κ1) is 19.5. The average Bonchev–Trinajstić information content (AvgIpc) is 3.43. The first-order chi connectivity index (χ1) is 14.6. The van der Waals surface area contributed by atoms with Crippen LogP contribution in [0.4, 0.5) is 5.69 Å². The zero-order chi connectivity index (χ0) is 21.1. The minimum atomic E-state index is -0.440. The molecule has 0 amide bonds. The second-order valence-corrected chi connectivity index (χ2v) is 7.12. The summed E-state index contributed by atoms with van der Waals surface area (Å²) < 4.78 is 12.5. The summed E-state index contributed by atoms with van der Waals surface area (Å²) in [6.07, 6.45) is 1.58. The molecule has 9 nitrogen and oxygen atoms in total. The predicted molar refractivity (Wildman–Crippen MR) is 112 cm³/mol. The minimum absolute atomic E-state index is 0.000213. The van der Waals surface area contributed by atoms with Crippen molar-refractivity contribution in [1.82, 2.24) is 19.7 Å². The molecule has 0 fully saturated rings. The Morgan fingerprint density at radius 3 is 2.77 bits per heavy atom. The van der Waals surface area contributed by atoms with Crippen molar-refractivity contribution in [3.05, 3.63) is 70.0 Å². The molecule has 2 aromatic heterocycles. The summed E-state index contributed by atoms with van der Waals surface area (Å²) in [5.41, 5.74) is 2.25. The third kappa shape index (κ3) is 3.85. The summed E-state index contributed by atoms with van der Waals surface area (Å²) in [6.45, 7) is 0.421. The fourth-order valence-corrected chi connectivity index (χ4v) is 3.82. The summed E-state index contributed by atoms with van der Waals surface area (Å²) in [5.74, 6) is 1.70. The summed E-state index contributed by atoms with van der Waals surface area (Å²) in [7, 11) is 3.19. The third-order valence-corrected chi connectivity index (χ3v) is 5.29. The quantitative estimate of drug-likeness (QED) is 0.326. The molecule has 0 aliphatic heterocycles. The number of aromatic nitrogens is 4. The van der Waals surface area contributed by atoms with Gasteiger partial charge in [0, 0.05) is 23.1 Å². The lowest BCUT2D eigenvalue weighted by Gasteiger charge is -2.10. The van der Waals surface area contributed by atoms with E-state index in [0.717, 1.165) is 16.3 Å². The van der Waals surface area contributed by atoms with Crippen molar-refractivity contribution in [3.63, 3.8) is 0 Å². The number of para-hydroxylation sites is 1. The maximum atomic E-state index is 11.0. The van der Waals surface area contributed by atoms with Crippen molar-refractivity contribution < 1.29 is 14.4 Å². The Morgan fingerprint density at radius 1 is 1.17 bits per heavy atom. The number of hydrogen-bond acceptors (Lipinski definition) is 8. The van der Waals surface area contributed by atoms with Crippen LogP contribution in [0.25, 0.3) is 22.0 Å². The van der Waals surface area contributed by atoms with Gasteiger partial charge in [0.05, 0.1) is 36.9 Å². The van der Waals surface area contributed by atoms with Gasteiger partial charge < -0.3 is 9.47 Å². The van der Waals surface area contributed by atoms with Gasteiger partial charge in [0.25, 0.3) is 5.69 Å². The van der Waals surface area contributed by atoms with Gasteiger partial charge in [-0.3, -0.25) is 10.1 Å². The highest BCUT2D eigenvalue weighted by Crippen LogP contribution is 2.39. The smallest absolute Gasteiger partial charge is 0.270 e. The maximum Gasteiger partial charge on any atom is 0.270 e. The van der Waals surface area contributed by atoms with E-state index < -0.39 is 4.92 Å². The van der Waals surface area contributed by atoms with E-state index >= 15 is 0 Å². The van der Waals surface area contributed by atoms with E-state index in [9.17, 15) is 10.1 Å². The lowest BCUT2D eigenvalue weighted by atomic mass is 10.2. The Kier molecular flexibility index (Phi) is 5.40. The van der Waals surface area contributed by atoms with Gasteiger partial charge in [0.1, 0.15) is 11.3 Å². The summed E-state index contributed by atoms with van der Waals surface area (Å²) in [6, 6.07) is 11.9. The number of nitrogens with zero attached hydrogens (tertiary/aromatic N) is 5. The number of rotatable bonds is 7. The molecule has 4 aromatic rings. The van der Waals surface area contributed by atoms with Crippen molar-refractivity contribution in [1.29, 1.82) is 0 Å². The maximum absolute atomic E-state index is 11.0. The molecular weight excluding hydrogens is 406 g/mol. The Balaban J connectivity index is 1.56. The van der Waals surface area contributed by atoms with E-state index in [1.54, 1.807) is 37.4 Å². The van der Waals surface area contributed by atoms with Gasteiger partial charge in [-0.2, -0.15) is 5.10 Å². The molecule has 30 heavy (non-hydrogen) atoms. The SMILES string of the molecule is COc1cccc(-c2nc(Cn3cnc(-c4cccc([N+](=O)[O-])c4)n3)cs2)c1OC. The van der Waals surface area contributed by atoms with E-state index in [1.807, 2.05) is 23.6 Å². The zero-order valence-electron chi connectivity index (χ0n) is 16.2. The summed E-state index contributed by atoms with van der Waals surface area (Å²) in [5, 5.41) is 18.1. The number of benzene rings is 2. The van der Waals surface area contributed by atoms with Gasteiger partial charge in [-0.15, -0.1) is 11.3 Å². The first-order valence-corrected chi connectivity index (χ1v) is 9.77. The van der Waals surface area contributed by atoms with Crippen LogP contribution in [0.3, 0.4) is 0 Å². The van der Waals surface area contributed by atoms with Crippen LogP contribution in [-0.2, 0) is 6.54 Å². The number of thiazole rings is 1. The fourth-order valence-electron chi connectivity index (χ4n) is 2.99. The molecular formula is C20H17N5O4S. The number of methoxy groups -OCH3 is 2. The molecule has 0 aliphatic rings. The fraction of sp³-hybridized carbons (Fsp3) is 0.150. The van der Waals surface area contributed by atoms with Gasteiger partial charge in [-0.25, -0.2) is 14.6 Å². The highest BCUT2D eigenvalue weighted by molar-refractivity contribution is 7.13. The van der Waals surface area contributed by atoms with Crippen LogP contribution in [0.1, 0.15) is 5.69 Å². The first-order valence-electron chi connectivity index (χ1n) is 8.89. The molecule has 0 radical (unpaired) electrons. The van der Waals surface area contributed by atoms with Gasteiger partial charge in [0.2, 0.25) is 0 Å². The van der Waals surface area contributed by atoms with Gasteiger partial charge in [0.15, 0.2) is 17.3 Å². The number of non-ortho nitro benzene ring substituents is 1. The third-order valence-electron chi connectivity index (χ3n) is 4.36. The second kappa shape index (κ2) is 8.29. The van der Waals surface area contributed by atoms with E-state index in [-0.39, 0.29) is 5.69 Å². The average molecular weight is 423 g/mol. The van der Waals surface area contributed by atoms with Crippen LogP contribution in [-0.4, -0.2) is 38.9 Å². The van der Waals surface area contributed by atoms with Gasteiger partial charge in [-0.1, -0.05) is 18.2 Å². The van der Waals surface area contributed by atoms with E-state index in [2.05, 4.69) is 15.1 Å². The molecule has 0 bridgehead atoms. The van der Waals surface area contributed by atoms with E-state index in [1.165, 1.54) is 23.5 Å². The second-order valence-electron chi connectivity index (χ2n) is 6.26. The van der Waals surface area contributed by atoms with Crippen molar-refractivity contribution in [2.24, 2.45) is 0 Å². The Morgan fingerprint density at radius 2 is 2.00 bits per heavy atom. The van der Waals surface area contributed by atoms with Crippen LogP contribution in [0.15, 0.2) is 54.2 Å². The molecule has 4 rings (SSSR count). The van der Waals surface area contributed by atoms with Crippen molar-refractivity contribution in [2.45, 2.75) is 6.54 Å². The van der Waals surface area contributed by atoms with Gasteiger partial charge >= 0.3 is 0 Å². The number of hydrogen-bond donors (Lipinski definition) is 0. The topological polar surface area (TPSA) is 105 Å². The molecule has 0 N–H and O–H groups in total. The minimum Gasteiger partial charge on any atom is -0.493 e. The van der Waals surface area contributed by atoms with Crippen LogP contribution in [0, 0.1) is 10.1 Å². The molecule has 2 heterocycles. The molecule has 0 atom stereocenters. The summed E-state index contributed by atoms with van der Waals surface area (Å²) in [4.78, 5) is 19.5. The highest BCUT2D eigenvalue weighted by Gasteiger charge is 2.15. The number of nitro benzene ring substituents is 1. The van der Waals surface area contributed by atoms with Crippen molar-refractivity contribution in [2.75, 3.05) is 14.2 Å². The van der Waals surface area contributed by atoms with E-state index in [4.69, 9.17) is 9.47 Å². The predicted octanol–water partition coefficient (Wildman–Crippen LogP) is 4.04. The van der Waals surface area contributed by atoms with Crippen LogP contribution >= 0.6 is 11.3 Å². The lowest BCUT2D eigenvalue weighted by molar-refractivity contribution is -0.384. The Bertz CT molecular complexity index is 1200. The largest absolute Gasteiger partial charge is 0.493 e. The zero-order valence-corrected chi connectivity index (χ0v) is 17.0. The van der Waals surface area contributed by atoms with Crippen LogP contribution < -0.4 is 9.47 Å². The normalized spacial score (nSPS) is 10.7. The van der Waals surface area contributed by atoms with Crippen molar-refractivity contribution in [3.8, 4) is 33.5 Å². The van der Waals surface area contributed by atoms with Crippen molar-refractivity contribution >= 4 is 17.0 Å². The molecule has 0 unspecified atom stereocenters. The highest BCUT2D eigenvalue weighted by atomic mass is 32.1. The molecule has 10 heteroatoms. The van der Waals surface area contributed by atoms with Crippen LogP contribution in [0.2, 0.25) is 0 Å². The lowest BCUT2D eigenvalue weighted by Crippen LogP contribution is -2.01. The summed E-state index contributed by atoms with van der Waals surface area (Å²) >= 11 is 1.50. The molecule has 0 saturated carbocycles. The molecule has 0 aliphatic carbocycles. The molecule has 0 saturated heterocycles. The molecule has 152 valence electrons. The molecule has 0 spiro atoms. The van der Waals surface area contributed by atoms with E-state index in [0.29, 0.717) is 29.4 Å². The number of nitro groups is 1. The standard InChI is InChI=1S/C20H17N5O4S/c1-28-17-8-4-7-16(18(17)29-2)20-22-14(11-30-20)10-24-12-21-19(23-24)13-5-3-6-15(9-13)25(26)27/h3-9,11-12H,10H2,1-2H3.